The second kappa shape index (κ2) is 6.89. The number of methoxy groups -OCH3 is 1. The Labute approximate surface area is 151 Å². The monoisotopic (exact) mass is 377 g/mol. The molecule has 0 aliphatic rings. The summed E-state index contributed by atoms with van der Waals surface area (Å²) in [5, 5.41) is 6.38. The number of nitrogens with one attached hydrogen (secondary N) is 1. The van der Waals surface area contributed by atoms with Gasteiger partial charge in [0, 0.05) is 18.3 Å². The minimum atomic E-state index is -3.79. The fourth-order valence-corrected chi connectivity index (χ4v) is 4.30. The molecule has 0 saturated heterocycles. The maximum absolute atomic E-state index is 13.0. The van der Waals surface area contributed by atoms with E-state index in [1.54, 1.807) is 35.1 Å². The van der Waals surface area contributed by atoms with E-state index in [9.17, 15) is 8.42 Å². The Kier molecular flexibility index (Phi) is 4.82. The van der Waals surface area contributed by atoms with Crippen molar-refractivity contribution in [1.29, 1.82) is 0 Å². The third kappa shape index (κ3) is 3.69. The fourth-order valence-electron chi connectivity index (χ4n) is 2.32. The van der Waals surface area contributed by atoms with Gasteiger partial charge in [-0.1, -0.05) is 12.1 Å². The number of benzene rings is 1. The van der Waals surface area contributed by atoms with Gasteiger partial charge in [0.25, 0.3) is 10.0 Å². The molecular formula is C17H19N3O3S2. The highest BCUT2D eigenvalue weighted by Crippen LogP contribution is 2.32. The van der Waals surface area contributed by atoms with E-state index in [2.05, 4.69) is 9.82 Å². The summed E-state index contributed by atoms with van der Waals surface area (Å²) in [6.45, 7) is 3.91. The minimum Gasteiger partial charge on any atom is -0.497 e. The van der Waals surface area contributed by atoms with E-state index in [4.69, 9.17) is 4.74 Å². The van der Waals surface area contributed by atoms with Crippen molar-refractivity contribution in [3.8, 4) is 16.3 Å². The molecule has 1 N–H and O–H groups in total. The van der Waals surface area contributed by atoms with Crippen LogP contribution >= 0.6 is 11.3 Å². The summed E-state index contributed by atoms with van der Waals surface area (Å²) in [5.74, 6) is 0.580. The van der Waals surface area contributed by atoms with E-state index in [0.717, 1.165) is 4.88 Å². The van der Waals surface area contributed by atoms with E-state index < -0.39 is 10.0 Å². The molecule has 0 bridgehead atoms. The van der Waals surface area contributed by atoms with E-state index in [1.807, 2.05) is 31.4 Å². The molecule has 25 heavy (non-hydrogen) atoms. The van der Waals surface area contributed by atoms with Gasteiger partial charge in [0.05, 0.1) is 17.7 Å². The first kappa shape index (κ1) is 17.5. The summed E-state index contributed by atoms with van der Waals surface area (Å²) in [4.78, 5) is 0.969. The van der Waals surface area contributed by atoms with Gasteiger partial charge in [0.1, 0.15) is 16.3 Å². The summed E-state index contributed by atoms with van der Waals surface area (Å²) in [5.41, 5.74) is 0.896. The number of rotatable bonds is 6. The van der Waals surface area contributed by atoms with Gasteiger partial charge >= 0.3 is 0 Å². The Bertz CT molecular complexity index is 961. The lowest BCUT2D eigenvalue weighted by Gasteiger charge is -2.09. The van der Waals surface area contributed by atoms with Crippen LogP contribution in [0.25, 0.3) is 10.6 Å². The number of sulfonamides is 1. The van der Waals surface area contributed by atoms with Crippen LogP contribution in [0.2, 0.25) is 0 Å². The third-order valence-corrected chi connectivity index (χ3v) is 5.85. The molecule has 2 aromatic heterocycles. The molecule has 0 spiro atoms. The van der Waals surface area contributed by atoms with Crippen LogP contribution in [0.3, 0.4) is 0 Å². The number of hydrogen-bond donors (Lipinski definition) is 1. The lowest BCUT2D eigenvalue weighted by molar-refractivity contribution is 0.415. The zero-order valence-electron chi connectivity index (χ0n) is 14.1. The van der Waals surface area contributed by atoms with Crippen molar-refractivity contribution in [2.24, 2.45) is 0 Å². The lowest BCUT2D eigenvalue weighted by atomic mass is 10.3. The second-order valence-electron chi connectivity index (χ2n) is 5.73. The zero-order valence-corrected chi connectivity index (χ0v) is 15.8. The van der Waals surface area contributed by atoms with E-state index in [-0.39, 0.29) is 10.9 Å². The number of thiophene rings is 1. The van der Waals surface area contributed by atoms with Crippen LogP contribution in [-0.4, -0.2) is 25.3 Å². The topological polar surface area (TPSA) is 73.2 Å². The van der Waals surface area contributed by atoms with Crippen molar-refractivity contribution in [1.82, 2.24) is 9.78 Å². The Morgan fingerprint density at radius 1 is 1.24 bits per heavy atom. The standard InChI is InChI=1S/C17H19N3O3S2/c1-12(2)20-11-16(17(18-20)15-8-5-9-24-15)25(21,22)19-13-6-4-7-14(10-13)23-3/h4-12,19H,1-3H3. The molecule has 0 radical (unpaired) electrons. The van der Waals surface area contributed by atoms with Crippen LogP contribution in [0.4, 0.5) is 5.69 Å². The average Bonchev–Trinajstić information content (AvgIpc) is 3.24. The van der Waals surface area contributed by atoms with Gasteiger partial charge in [-0.3, -0.25) is 9.40 Å². The van der Waals surface area contributed by atoms with Gasteiger partial charge in [0.15, 0.2) is 0 Å². The number of ether oxygens (including phenoxy) is 1. The smallest absolute Gasteiger partial charge is 0.265 e. The van der Waals surface area contributed by atoms with Crippen molar-refractivity contribution in [2.45, 2.75) is 24.8 Å². The lowest BCUT2D eigenvalue weighted by Crippen LogP contribution is -2.13. The molecule has 3 aromatic rings. The van der Waals surface area contributed by atoms with E-state index >= 15 is 0 Å². The number of anilines is 1. The molecule has 0 unspecified atom stereocenters. The first-order valence-electron chi connectivity index (χ1n) is 7.70. The Hall–Kier alpha value is -2.32. The molecule has 2 heterocycles. The molecule has 0 amide bonds. The van der Waals surface area contributed by atoms with Crippen LogP contribution < -0.4 is 9.46 Å². The SMILES string of the molecule is COc1cccc(NS(=O)(=O)c2cn(C(C)C)nc2-c2cccs2)c1. The van der Waals surface area contributed by atoms with Crippen LogP contribution in [0, 0.1) is 0 Å². The second-order valence-corrected chi connectivity index (χ2v) is 8.33. The highest BCUT2D eigenvalue weighted by Gasteiger charge is 2.25. The van der Waals surface area contributed by atoms with Gasteiger partial charge in [-0.15, -0.1) is 11.3 Å². The summed E-state index contributed by atoms with van der Waals surface area (Å²) < 4.78 is 35.3. The maximum Gasteiger partial charge on any atom is 0.265 e. The molecule has 1 aromatic carbocycles. The molecule has 132 valence electrons. The fraction of sp³-hybridized carbons (Fsp3) is 0.235. The minimum absolute atomic E-state index is 0.0551. The van der Waals surface area contributed by atoms with E-state index in [1.165, 1.54) is 18.4 Å². The van der Waals surface area contributed by atoms with Crippen molar-refractivity contribution in [2.75, 3.05) is 11.8 Å². The van der Waals surface area contributed by atoms with Crippen LogP contribution in [0.5, 0.6) is 5.75 Å². The Morgan fingerprint density at radius 3 is 2.68 bits per heavy atom. The first-order chi connectivity index (χ1) is 11.9. The summed E-state index contributed by atoms with van der Waals surface area (Å²) in [7, 11) is -2.25. The third-order valence-electron chi connectivity index (χ3n) is 3.59. The number of nitrogens with zero attached hydrogens (tertiary/aromatic N) is 2. The van der Waals surface area contributed by atoms with Gasteiger partial charge in [-0.25, -0.2) is 8.42 Å². The predicted molar refractivity (Wildman–Crippen MR) is 99.7 cm³/mol. The van der Waals surface area contributed by atoms with Crippen LogP contribution in [0.15, 0.2) is 52.9 Å². The van der Waals surface area contributed by atoms with Crippen molar-refractivity contribution < 1.29 is 13.2 Å². The van der Waals surface area contributed by atoms with Crippen molar-refractivity contribution >= 4 is 27.0 Å². The average molecular weight is 377 g/mol. The van der Waals surface area contributed by atoms with Crippen LogP contribution in [-0.2, 0) is 10.0 Å². The Balaban J connectivity index is 2.04. The van der Waals surface area contributed by atoms with Crippen molar-refractivity contribution in [3.63, 3.8) is 0 Å². The van der Waals surface area contributed by atoms with Gasteiger partial charge < -0.3 is 4.74 Å². The largest absolute Gasteiger partial charge is 0.497 e. The molecule has 6 nitrogen and oxygen atoms in total. The number of hydrogen-bond acceptors (Lipinski definition) is 5. The summed E-state index contributed by atoms with van der Waals surface area (Å²) in [6.07, 6.45) is 1.57. The van der Waals surface area contributed by atoms with Crippen molar-refractivity contribution in [3.05, 3.63) is 48.0 Å². The molecule has 0 fully saturated rings. The van der Waals surface area contributed by atoms with Gasteiger partial charge in [-0.2, -0.15) is 5.10 Å². The molecule has 0 aliphatic carbocycles. The highest BCUT2D eigenvalue weighted by molar-refractivity contribution is 7.92. The molecule has 8 heteroatoms. The molecule has 3 rings (SSSR count). The highest BCUT2D eigenvalue weighted by atomic mass is 32.2. The first-order valence-corrected chi connectivity index (χ1v) is 10.1. The van der Waals surface area contributed by atoms with Gasteiger partial charge in [-0.05, 0) is 37.4 Å². The number of aromatic nitrogens is 2. The van der Waals surface area contributed by atoms with Gasteiger partial charge in [0.2, 0.25) is 0 Å². The summed E-state index contributed by atoms with van der Waals surface area (Å²) in [6, 6.07) is 10.6. The predicted octanol–water partition coefficient (Wildman–Crippen LogP) is 4.00. The molecule has 0 atom stereocenters. The molecule has 0 aliphatic heterocycles. The summed E-state index contributed by atoms with van der Waals surface area (Å²) >= 11 is 1.46. The zero-order chi connectivity index (χ0) is 18.0. The normalized spacial score (nSPS) is 11.7. The molecular weight excluding hydrogens is 358 g/mol. The maximum atomic E-state index is 13.0. The van der Waals surface area contributed by atoms with E-state index in [0.29, 0.717) is 17.1 Å². The molecule has 0 saturated carbocycles. The van der Waals surface area contributed by atoms with Crippen LogP contribution in [0.1, 0.15) is 19.9 Å². The Morgan fingerprint density at radius 2 is 2.04 bits per heavy atom. The quantitative estimate of drug-likeness (QED) is 0.705.